The van der Waals surface area contributed by atoms with Crippen LogP contribution in [0.2, 0.25) is 0 Å². The minimum absolute atomic E-state index is 0.468. The first kappa shape index (κ1) is 12.8. The van der Waals surface area contributed by atoms with Crippen LogP contribution < -0.4 is 4.90 Å². The van der Waals surface area contributed by atoms with Crippen molar-refractivity contribution in [3.63, 3.8) is 0 Å². The van der Waals surface area contributed by atoms with Gasteiger partial charge in [-0.25, -0.2) is 4.98 Å². The second kappa shape index (κ2) is 4.92. The number of likely N-dealkylation sites (N-methyl/N-ethyl adjacent to an activating group) is 1. The van der Waals surface area contributed by atoms with Crippen molar-refractivity contribution in [2.75, 3.05) is 32.1 Å². The smallest absolute Gasteiger partial charge is 0.185 e. The van der Waals surface area contributed by atoms with Gasteiger partial charge in [0.1, 0.15) is 0 Å². The molecule has 96 valence electrons. The highest BCUT2D eigenvalue weighted by molar-refractivity contribution is 7.13. The number of hydrogen-bond acceptors (Lipinski definition) is 5. The average Bonchev–Trinajstić information content (AvgIpc) is 2.82. The minimum atomic E-state index is -0.468. The van der Waals surface area contributed by atoms with E-state index >= 15 is 0 Å². The van der Waals surface area contributed by atoms with Crippen LogP contribution in [0.5, 0.6) is 0 Å². The van der Waals surface area contributed by atoms with Gasteiger partial charge in [-0.05, 0) is 26.9 Å². The molecule has 2 heterocycles. The lowest BCUT2D eigenvalue weighted by molar-refractivity contribution is 0.195. The van der Waals surface area contributed by atoms with E-state index in [2.05, 4.69) is 35.8 Å². The zero-order valence-corrected chi connectivity index (χ0v) is 11.7. The maximum Gasteiger partial charge on any atom is 0.185 e. The van der Waals surface area contributed by atoms with Gasteiger partial charge in [0.2, 0.25) is 0 Å². The molecular formula is C12H21N3OS. The van der Waals surface area contributed by atoms with Crippen molar-refractivity contribution < 1.29 is 5.11 Å². The van der Waals surface area contributed by atoms with E-state index in [1.54, 1.807) is 18.3 Å². The van der Waals surface area contributed by atoms with Crippen molar-refractivity contribution in [2.45, 2.75) is 26.0 Å². The molecule has 5 heteroatoms. The topological polar surface area (TPSA) is 39.6 Å². The standard InChI is InChI=1S/C12H21N3OS/c1-8-5-15(6-11(8)14(3)4)12-13-10(7-17-12)9(2)16/h7-9,11,16H,5-6H2,1-4H3. The van der Waals surface area contributed by atoms with Crippen molar-refractivity contribution in [1.29, 1.82) is 0 Å². The van der Waals surface area contributed by atoms with E-state index in [4.69, 9.17) is 0 Å². The van der Waals surface area contributed by atoms with E-state index < -0.39 is 6.10 Å². The molecule has 1 aromatic rings. The van der Waals surface area contributed by atoms with E-state index in [-0.39, 0.29) is 0 Å². The molecule has 4 nitrogen and oxygen atoms in total. The quantitative estimate of drug-likeness (QED) is 0.890. The fourth-order valence-electron chi connectivity index (χ4n) is 2.39. The van der Waals surface area contributed by atoms with E-state index in [1.165, 1.54) is 0 Å². The Balaban J connectivity index is 2.09. The van der Waals surface area contributed by atoms with Gasteiger partial charge in [-0.2, -0.15) is 0 Å². The molecule has 1 fully saturated rings. The summed E-state index contributed by atoms with van der Waals surface area (Å²) >= 11 is 1.63. The van der Waals surface area contributed by atoms with Crippen molar-refractivity contribution >= 4 is 16.5 Å². The maximum atomic E-state index is 9.49. The first-order valence-corrected chi connectivity index (χ1v) is 6.92. The van der Waals surface area contributed by atoms with Crippen molar-refractivity contribution in [3.05, 3.63) is 11.1 Å². The third-order valence-electron chi connectivity index (χ3n) is 3.44. The Bertz CT molecular complexity index is 378. The summed E-state index contributed by atoms with van der Waals surface area (Å²) < 4.78 is 0. The van der Waals surface area contributed by atoms with E-state index in [0.29, 0.717) is 12.0 Å². The number of rotatable bonds is 3. The molecule has 3 atom stereocenters. The predicted octanol–water partition coefficient (Wildman–Crippen LogP) is 1.58. The molecule has 0 amide bonds. The molecule has 1 aromatic heterocycles. The Kier molecular flexibility index (Phi) is 3.70. The maximum absolute atomic E-state index is 9.49. The number of anilines is 1. The van der Waals surface area contributed by atoms with Crippen LogP contribution in [0.25, 0.3) is 0 Å². The Labute approximate surface area is 107 Å². The molecule has 0 aromatic carbocycles. The summed E-state index contributed by atoms with van der Waals surface area (Å²) in [5.74, 6) is 0.656. The second-order valence-corrected chi connectivity index (χ2v) is 5.98. The summed E-state index contributed by atoms with van der Waals surface area (Å²) in [6.45, 7) is 6.12. The Morgan fingerprint density at radius 3 is 2.71 bits per heavy atom. The molecule has 1 saturated heterocycles. The van der Waals surface area contributed by atoms with Crippen LogP contribution >= 0.6 is 11.3 Å². The Hall–Kier alpha value is -0.650. The number of nitrogens with zero attached hydrogens (tertiary/aromatic N) is 3. The lowest BCUT2D eigenvalue weighted by Crippen LogP contribution is -2.34. The summed E-state index contributed by atoms with van der Waals surface area (Å²) in [4.78, 5) is 9.11. The van der Waals surface area contributed by atoms with Gasteiger partial charge in [0.05, 0.1) is 11.8 Å². The third-order valence-corrected chi connectivity index (χ3v) is 4.36. The van der Waals surface area contributed by atoms with E-state index in [9.17, 15) is 5.11 Å². The molecule has 1 N–H and O–H groups in total. The largest absolute Gasteiger partial charge is 0.387 e. The van der Waals surface area contributed by atoms with Crippen LogP contribution in [0.1, 0.15) is 25.6 Å². The normalized spacial score (nSPS) is 26.8. The molecular weight excluding hydrogens is 234 g/mol. The molecule has 3 unspecified atom stereocenters. The van der Waals surface area contributed by atoms with Gasteiger partial charge in [-0.15, -0.1) is 11.3 Å². The molecule has 0 bridgehead atoms. The molecule has 17 heavy (non-hydrogen) atoms. The monoisotopic (exact) mass is 255 g/mol. The van der Waals surface area contributed by atoms with Crippen molar-refractivity contribution in [2.24, 2.45) is 5.92 Å². The zero-order chi connectivity index (χ0) is 12.6. The van der Waals surface area contributed by atoms with Gasteiger partial charge in [0.25, 0.3) is 0 Å². The molecule has 1 aliphatic heterocycles. The van der Waals surface area contributed by atoms with E-state index in [0.717, 1.165) is 23.9 Å². The average molecular weight is 255 g/mol. The lowest BCUT2D eigenvalue weighted by atomic mass is 10.1. The Morgan fingerprint density at radius 1 is 1.53 bits per heavy atom. The lowest BCUT2D eigenvalue weighted by Gasteiger charge is -2.22. The number of thiazole rings is 1. The number of aliphatic hydroxyl groups excluding tert-OH is 1. The summed E-state index contributed by atoms with van der Waals surface area (Å²) in [5.41, 5.74) is 0.783. The van der Waals surface area contributed by atoms with Gasteiger partial charge >= 0.3 is 0 Å². The van der Waals surface area contributed by atoms with Gasteiger partial charge < -0.3 is 14.9 Å². The SMILES string of the molecule is CC(O)c1csc(N2CC(C)C(N(C)C)C2)n1. The van der Waals surface area contributed by atoms with Crippen LogP contribution in [0.3, 0.4) is 0 Å². The summed E-state index contributed by atoms with van der Waals surface area (Å²) in [7, 11) is 4.27. The zero-order valence-electron chi connectivity index (χ0n) is 10.9. The molecule has 0 aliphatic carbocycles. The molecule has 0 radical (unpaired) electrons. The predicted molar refractivity (Wildman–Crippen MR) is 71.6 cm³/mol. The van der Waals surface area contributed by atoms with Crippen molar-refractivity contribution in [1.82, 2.24) is 9.88 Å². The first-order valence-electron chi connectivity index (χ1n) is 6.04. The molecule has 0 spiro atoms. The number of aromatic nitrogens is 1. The molecule has 1 aliphatic rings. The van der Waals surface area contributed by atoms with E-state index in [1.807, 2.05) is 5.38 Å². The fourth-order valence-corrected chi connectivity index (χ4v) is 3.32. The van der Waals surface area contributed by atoms with Crippen LogP contribution in [0, 0.1) is 5.92 Å². The summed E-state index contributed by atoms with van der Waals surface area (Å²) in [6, 6.07) is 0.592. The van der Waals surface area contributed by atoms with Crippen LogP contribution in [-0.2, 0) is 0 Å². The highest BCUT2D eigenvalue weighted by Gasteiger charge is 2.32. The van der Waals surface area contributed by atoms with Crippen LogP contribution in [0.15, 0.2) is 5.38 Å². The highest BCUT2D eigenvalue weighted by atomic mass is 32.1. The fraction of sp³-hybridized carbons (Fsp3) is 0.750. The minimum Gasteiger partial charge on any atom is -0.387 e. The number of aliphatic hydroxyl groups is 1. The Morgan fingerprint density at radius 2 is 2.24 bits per heavy atom. The van der Waals surface area contributed by atoms with Gasteiger partial charge in [-0.3, -0.25) is 0 Å². The molecule has 2 rings (SSSR count). The van der Waals surface area contributed by atoms with Crippen LogP contribution in [0.4, 0.5) is 5.13 Å². The van der Waals surface area contributed by atoms with Crippen molar-refractivity contribution in [3.8, 4) is 0 Å². The highest BCUT2D eigenvalue weighted by Crippen LogP contribution is 2.30. The summed E-state index contributed by atoms with van der Waals surface area (Å²) in [5, 5.41) is 12.5. The van der Waals surface area contributed by atoms with Crippen LogP contribution in [-0.4, -0.2) is 48.2 Å². The molecule has 0 saturated carbocycles. The first-order chi connectivity index (χ1) is 7.99. The third kappa shape index (κ3) is 2.61. The van der Waals surface area contributed by atoms with Gasteiger partial charge in [0, 0.05) is 24.5 Å². The summed E-state index contributed by atoms with van der Waals surface area (Å²) in [6.07, 6.45) is -0.468. The second-order valence-electron chi connectivity index (χ2n) is 5.14. The van der Waals surface area contributed by atoms with Gasteiger partial charge in [-0.1, -0.05) is 6.92 Å². The van der Waals surface area contributed by atoms with Gasteiger partial charge in [0.15, 0.2) is 5.13 Å². The number of hydrogen-bond donors (Lipinski definition) is 1.